The average molecular weight is 197 g/mol. The van der Waals surface area contributed by atoms with Crippen LogP contribution in [0.1, 0.15) is 13.3 Å². The Balaban J connectivity index is 2.04. The molecule has 1 saturated heterocycles. The van der Waals surface area contributed by atoms with Crippen molar-refractivity contribution in [2.75, 3.05) is 30.3 Å². The van der Waals surface area contributed by atoms with Crippen molar-refractivity contribution in [3.8, 4) is 0 Å². The molecule has 1 aliphatic rings. The molecule has 1 aromatic heterocycles. The molecule has 0 bridgehead atoms. The molecular weight excluding hydrogens is 182 g/mol. The Hall–Kier alpha value is -1.30. The van der Waals surface area contributed by atoms with E-state index >= 15 is 0 Å². The lowest BCUT2D eigenvalue weighted by molar-refractivity contribution is 0.0379. The van der Waals surface area contributed by atoms with Crippen LogP contribution in [-0.2, 0) is 4.74 Å². The number of aromatic amines is 1. The number of nitrogens with two attached hydrogens (primary N) is 1. The van der Waals surface area contributed by atoms with E-state index < -0.39 is 0 Å². The molecule has 2 rings (SSSR count). The van der Waals surface area contributed by atoms with Crippen LogP contribution in [0.2, 0.25) is 0 Å². The molecule has 14 heavy (non-hydrogen) atoms. The quantitative estimate of drug-likeness (QED) is 0.697. The molecule has 1 fully saturated rings. The molecule has 0 aromatic carbocycles. The number of rotatable bonds is 2. The summed E-state index contributed by atoms with van der Waals surface area (Å²) in [6.07, 6.45) is 1.29. The maximum absolute atomic E-state index is 5.55. The van der Waals surface area contributed by atoms with Gasteiger partial charge in [0.2, 0.25) is 11.9 Å². The summed E-state index contributed by atoms with van der Waals surface area (Å²) in [5.74, 6) is 1.03. The van der Waals surface area contributed by atoms with Crippen LogP contribution in [0.4, 0.5) is 11.9 Å². The summed E-state index contributed by atoms with van der Waals surface area (Å²) in [5, 5.41) is 6.65. The minimum atomic E-state index is 0.281. The molecule has 0 radical (unpaired) electrons. The molecule has 0 amide bonds. The predicted molar refractivity (Wildman–Crippen MR) is 53.0 cm³/mol. The van der Waals surface area contributed by atoms with Crippen molar-refractivity contribution in [1.82, 2.24) is 15.2 Å². The van der Waals surface area contributed by atoms with Crippen molar-refractivity contribution in [1.29, 1.82) is 0 Å². The van der Waals surface area contributed by atoms with Crippen LogP contribution in [0.5, 0.6) is 0 Å². The number of anilines is 2. The number of hydrogen-bond donors (Lipinski definition) is 2. The van der Waals surface area contributed by atoms with Crippen LogP contribution in [0, 0.1) is 0 Å². The first-order valence-corrected chi connectivity index (χ1v) is 4.84. The molecule has 0 spiro atoms. The van der Waals surface area contributed by atoms with Crippen molar-refractivity contribution in [2.24, 2.45) is 0 Å². The predicted octanol–water partition coefficient (Wildman–Crippen LogP) is 0.00210. The van der Waals surface area contributed by atoms with E-state index in [1.54, 1.807) is 0 Å². The van der Waals surface area contributed by atoms with Crippen molar-refractivity contribution in [3.05, 3.63) is 0 Å². The number of H-pyrrole nitrogens is 1. The van der Waals surface area contributed by atoms with Gasteiger partial charge in [-0.2, -0.15) is 4.98 Å². The second kappa shape index (κ2) is 3.83. The van der Waals surface area contributed by atoms with Gasteiger partial charge in [0.1, 0.15) is 0 Å². The first kappa shape index (κ1) is 9.26. The highest BCUT2D eigenvalue weighted by molar-refractivity contribution is 5.34. The summed E-state index contributed by atoms with van der Waals surface area (Å²) in [5.41, 5.74) is 5.47. The fourth-order valence-electron chi connectivity index (χ4n) is 1.55. The Bertz CT molecular complexity index is 300. The van der Waals surface area contributed by atoms with Crippen LogP contribution in [0.25, 0.3) is 0 Å². The lowest BCUT2D eigenvalue weighted by Crippen LogP contribution is -2.42. The standard InChI is InChI=1S/C8H15N5O/c1-2-6-5-13(3-4-14-6)8-10-7(9)11-12-8/h6H,2-5H2,1H3,(H3,9,10,11,12). The number of nitrogens with one attached hydrogen (secondary N) is 1. The fraction of sp³-hybridized carbons (Fsp3) is 0.750. The molecule has 0 saturated carbocycles. The number of hydrogen-bond acceptors (Lipinski definition) is 5. The highest BCUT2D eigenvalue weighted by Crippen LogP contribution is 2.14. The molecule has 1 unspecified atom stereocenters. The molecule has 1 atom stereocenters. The van der Waals surface area contributed by atoms with E-state index in [4.69, 9.17) is 10.5 Å². The Morgan fingerprint density at radius 3 is 3.21 bits per heavy atom. The van der Waals surface area contributed by atoms with Gasteiger partial charge < -0.3 is 15.4 Å². The van der Waals surface area contributed by atoms with E-state index in [0.717, 1.165) is 26.1 Å². The first-order chi connectivity index (χ1) is 6.79. The van der Waals surface area contributed by atoms with Gasteiger partial charge in [-0.15, -0.1) is 5.10 Å². The lowest BCUT2D eigenvalue weighted by atomic mass is 10.2. The van der Waals surface area contributed by atoms with Crippen molar-refractivity contribution in [3.63, 3.8) is 0 Å². The zero-order valence-electron chi connectivity index (χ0n) is 8.23. The van der Waals surface area contributed by atoms with E-state index in [-0.39, 0.29) is 6.10 Å². The first-order valence-electron chi connectivity index (χ1n) is 4.84. The molecule has 6 nitrogen and oxygen atoms in total. The van der Waals surface area contributed by atoms with Gasteiger partial charge >= 0.3 is 0 Å². The minimum Gasteiger partial charge on any atom is -0.375 e. The minimum absolute atomic E-state index is 0.281. The van der Waals surface area contributed by atoms with Gasteiger partial charge in [0.15, 0.2) is 0 Å². The molecule has 2 heterocycles. The van der Waals surface area contributed by atoms with E-state index in [0.29, 0.717) is 11.9 Å². The topological polar surface area (TPSA) is 80.1 Å². The van der Waals surface area contributed by atoms with Gasteiger partial charge in [-0.1, -0.05) is 6.92 Å². The van der Waals surface area contributed by atoms with Crippen LogP contribution in [-0.4, -0.2) is 41.0 Å². The van der Waals surface area contributed by atoms with Crippen LogP contribution in [0.3, 0.4) is 0 Å². The SMILES string of the molecule is CCC1CN(c2n[nH]c(N)n2)CCO1. The summed E-state index contributed by atoms with van der Waals surface area (Å²) in [7, 11) is 0. The zero-order chi connectivity index (χ0) is 9.97. The van der Waals surface area contributed by atoms with Crippen LogP contribution in [0.15, 0.2) is 0 Å². The number of nitrogen functional groups attached to an aromatic ring is 1. The maximum Gasteiger partial charge on any atom is 0.246 e. The normalized spacial score (nSPS) is 22.6. The highest BCUT2D eigenvalue weighted by Gasteiger charge is 2.21. The molecule has 6 heteroatoms. The second-order valence-electron chi connectivity index (χ2n) is 3.37. The molecule has 0 aliphatic carbocycles. The third-order valence-electron chi connectivity index (χ3n) is 2.37. The molecular formula is C8H15N5O. The Labute approximate surface area is 82.4 Å². The molecule has 3 N–H and O–H groups in total. The van der Waals surface area contributed by atoms with Gasteiger partial charge in [-0.3, -0.25) is 0 Å². The van der Waals surface area contributed by atoms with E-state index in [9.17, 15) is 0 Å². The number of morpholine rings is 1. The average Bonchev–Trinajstić information content (AvgIpc) is 2.65. The second-order valence-corrected chi connectivity index (χ2v) is 3.37. The van der Waals surface area contributed by atoms with Crippen molar-refractivity contribution in [2.45, 2.75) is 19.4 Å². The molecule has 1 aliphatic heterocycles. The van der Waals surface area contributed by atoms with Crippen molar-refractivity contribution < 1.29 is 4.74 Å². The van der Waals surface area contributed by atoms with Gasteiger partial charge in [0, 0.05) is 13.1 Å². The van der Waals surface area contributed by atoms with Gasteiger partial charge in [-0.25, -0.2) is 5.10 Å². The summed E-state index contributed by atoms with van der Waals surface area (Å²) >= 11 is 0. The Morgan fingerprint density at radius 2 is 2.57 bits per heavy atom. The Kier molecular flexibility index (Phi) is 2.53. The summed E-state index contributed by atoms with van der Waals surface area (Å²) in [6.45, 7) is 4.51. The van der Waals surface area contributed by atoms with Gasteiger partial charge in [0.05, 0.1) is 12.7 Å². The van der Waals surface area contributed by atoms with E-state index in [1.807, 2.05) is 0 Å². The van der Waals surface area contributed by atoms with Crippen LogP contribution < -0.4 is 10.6 Å². The largest absolute Gasteiger partial charge is 0.375 e. The summed E-state index contributed by atoms with van der Waals surface area (Å²) < 4.78 is 5.55. The van der Waals surface area contributed by atoms with Crippen molar-refractivity contribution >= 4 is 11.9 Å². The molecule has 78 valence electrons. The number of ether oxygens (including phenoxy) is 1. The monoisotopic (exact) mass is 197 g/mol. The molecule has 1 aromatic rings. The van der Waals surface area contributed by atoms with Crippen LogP contribution >= 0.6 is 0 Å². The maximum atomic E-state index is 5.55. The highest BCUT2D eigenvalue weighted by atomic mass is 16.5. The summed E-state index contributed by atoms with van der Waals surface area (Å²) in [6, 6.07) is 0. The van der Waals surface area contributed by atoms with Gasteiger partial charge in [-0.05, 0) is 6.42 Å². The third-order valence-corrected chi connectivity index (χ3v) is 2.37. The Morgan fingerprint density at radius 1 is 1.71 bits per heavy atom. The smallest absolute Gasteiger partial charge is 0.246 e. The zero-order valence-corrected chi connectivity index (χ0v) is 8.23. The third kappa shape index (κ3) is 1.79. The van der Waals surface area contributed by atoms with E-state index in [1.165, 1.54) is 0 Å². The fourth-order valence-corrected chi connectivity index (χ4v) is 1.55. The lowest BCUT2D eigenvalue weighted by Gasteiger charge is -2.31. The van der Waals surface area contributed by atoms with E-state index in [2.05, 4.69) is 27.0 Å². The summed E-state index contributed by atoms with van der Waals surface area (Å²) in [4.78, 5) is 6.17. The number of aromatic nitrogens is 3. The number of nitrogens with zero attached hydrogens (tertiary/aromatic N) is 3. The van der Waals surface area contributed by atoms with Gasteiger partial charge in [0.25, 0.3) is 0 Å².